The number of thioether (sulfide) groups is 1. The van der Waals surface area contributed by atoms with Crippen LogP contribution in [0, 0.1) is 3.57 Å². The summed E-state index contributed by atoms with van der Waals surface area (Å²) < 4.78 is 1.48. The van der Waals surface area contributed by atoms with Crippen LogP contribution in [-0.2, 0) is 5.75 Å². The fraction of sp³-hybridized carbons (Fsp3) is 0.750. The third kappa shape index (κ3) is 4.98. The zero-order valence-electron chi connectivity index (χ0n) is 13.5. The summed E-state index contributed by atoms with van der Waals surface area (Å²) in [6, 6.07) is 0. The van der Waals surface area contributed by atoms with E-state index in [0.717, 1.165) is 23.9 Å². The van der Waals surface area contributed by atoms with Crippen LogP contribution in [-0.4, -0.2) is 21.3 Å². The molecule has 1 aromatic heterocycles. The number of rotatable bonds is 5. The van der Waals surface area contributed by atoms with E-state index in [9.17, 15) is 0 Å². The molecule has 0 aromatic carbocycles. The molecule has 0 atom stereocenters. The fourth-order valence-electron chi connectivity index (χ4n) is 2.61. The molecule has 2 rings (SSSR count). The summed E-state index contributed by atoms with van der Waals surface area (Å²) in [4.78, 5) is 9.67. The van der Waals surface area contributed by atoms with Gasteiger partial charge in [-0.25, -0.2) is 9.97 Å². The molecule has 0 bridgehead atoms. The van der Waals surface area contributed by atoms with Gasteiger partial charge in [-0.1, -0.05) is 33.6 Å². The number of anilines is 1. The van der Waals surface area contributed by atoms with Crippen LogP contribution in [0.25, 0.3) is 0 Å². The highest BCUT2D eigenvalue weighted by Gasteiger charge is 2.24. The van der Waals surface area contributed by atoms with Crippen LogP contribution >= 0.6 is 34.4 Å². The van der Waals surface area contributed by atoms with Gasteiger partial charge in [-0.05, 0) is 42.4 Å². The number of hydrogen-bond acceptors (Lipinski definition) is 4. The van der Waals surface area contributed by atoms with E-state index in [1.165, 1.54) is 34.9 Å². The maximum Gasteiger partial charge on any atom is 0.143 e. The lowest BCUT2D eigenvalue weighted by Gasteiger charge is -2.19. The summed E-state index contributed by atoms with van der Waals surface area (Å²) in [5, 5.41) is 3.41. The Labute approximate surface area is 146 Å². The first-order valence-corrected chi connectivity index (χ1v) is 9.91. The summed E-state index contributed by atoms with van der Waals surface area (Å²) >= 11 is 4.34. The summed E-state index contributed by atoms with van der Waals surface area (Å²) in [6.45, 7) is 9.76. The smallest absolute Gasteiger partial charge is 0.143 e. The van der Waals surface area contributed by atoms with Gasteiger partial charge in [0, 0.05) is 17.2 Å². The topological polar surface area (TPSA) is 37.8 Å². The molecule has 1 N–H and O–H groups in total. The van der Waals surface area contributed by atoms with Gasteiger partial charge in [-0.15, -0.1) is 11.8 Å². The van der Waals surface area contributed by atoms with Gasteiger partial charge in [0.1, 0.15) is 11.6 Å². The highest BCUT2D eigenvalue weighted by molar-refractivity contribution is 14.1. The van der Waals surface area contributed by atoms with E-state index in [1.54, 1.807) is 0 Å². The van der Waals surface area contributed by atoms with Crippen molar-refractivity contribution < 1.29 is 0 Å². The molecule has 1 saturated carbocycles. The Morgan fingerprint density at radius 3 is 2.48 bits per heavy atom. The molecule has 1 aromatic rings. The first-order chi connectivity index (χ1) is 9.90. The maximum absolute atomic E-state index is 4.92. The van der Waals surface area contributed by atoms with Crippen molar-refractivity contribution in [3.63, 3.8) is 0 Å². The SMILES string of the molecule is CCNc1nc(CSC(C)(C)C)nc(C2CCCC2)c1I. The lowest BCUT2D eigenvalue weighted by atomic mass is 10.0. The zero-order chi connectivity index (χ0) is 15.5. The second kappa shape index (κ2) is 7.49. The molecular formula is C16H26IN3S. The molecule has 3 nitrogen and oxygen atoms in total. The minimum atomic E-state index is 0.248. The van der Waals surface area contributed by atoms with Gasteiger partial charge >= 0.3 is 0 Å². The molecule has 1 heterocycles. The molecule has 118 valence electrons. The van der Waals surface area contributed by atoms with Gasteiger partial charge < -0.3 is 5.32 Å². The van der Waals surface area contributed by atoms with E-state index in [4.69, 9.17) is 9.97 Å². The van der Waals surface area contributed by atoms with Gasteiger partial charge in [-0.3, -0.25) is 0 Å². The lowest BCUT2D eigenvalue weighted by Crippen LogP contribution is -2.13. The monoisotopic (exact) mass is 419 g/mol. The number of halogens is 1. The molecular weight excluding hydrogens is 393 g/mol. The lowest BCUT2D eigenvalue weighted by molar-refractivity contribution is 0.683. The number of nitrogens with zero attached hydrogens (tertiary/aromatic N) is 2. The van der Waals surface area contributed by atoms with Crippen LogP contribution in [0.4, 0.5) is 5.82 Å². The largest absolute Gasteiger partial charge is 0.369 e. The second-order valence-electron chi connectivity index (χ2n) is 6.60. The third-order valence-electron chi connectivity index (χ3n) is 3.64. The second-order valence-corrected chi connectivity index (χ2v) is 9.48. The summed E-state index contributed by atoms with van der Waals surface area (Å²) in [5.74, 6) is 3.53. The summed E-state index contributed by atoms with van der Waals surface area (Å²) in [7, 11) is 0. The van der Waals surface area contributed by atoms with Gasteiger partial charge in [-0.2, -0.15) is 0 Å². The van der Waals surface area contributed by atoms with E-state index in [-0.39, 0.29) is 4.75 Å². The van der Waals surface area contributed by atoms with Crippen LogP contribution < -0.4 is 5.32 Å². The highest BCUT2D eigenvalue weighted by Crippen LogP contribution is 2.37. The van der Waals surface area contributed by atoms with Crippen molar-refractivity contribution in [3.05, 3.63) is 15.1 Å². The molecule has 0 amide bonds. The van der Waals surface area contributed by atoms with Crippen LogP contribution in [0.2, 0.25) is 0 Å². The number of hydrogen-bond donors (Lipinski definition) is 1. The number of nitrogens with one attached hydrogen (secondary N) is 1. The molecule has 0 spiro atoms. The maximum atomic E-state index is 4.92. The fourth-order valence-corrected chi connectivity index (χ4v) is 4.18. The Balaban J connectivity index is 2.27. The van der Waals surface area contributed by atoms with Crippen molar-refractivity contribution in [1.82, 2.24) is 9.97 Å². The predicted octanol–water partition coefficient (Wildman–Crippen LogP) is 5.20. The van der Waals surface area contributed by atoms with E-state index in [2.05, 4.69) is 55.6 Å². The van der Waals surface area contributed by atoms with Crippen LogP contribution in [0.15, 0.2) is 0 Å². The van der Waals surface area contributed by atoms with Crippen molar-refractivity contribution in [2.45, 2.75) is 69.8 Å². The molecule has 0 unspecified atom stereocenters. The molecule has 1 fully saturated rings. The average Bonchev–Trinajstić information content (AvgIpc) is 2.92. The molecule has 0 aliphatic heterocycles. The molecule has 0 saturated heterocycles. The van der Waals surface area contributed by atoms with Gasteiger partial charge in [0.25, 0.3) is 0 Å². The molecule has 1 aliphatic carbocycles. The zero-order valence-corrected chi connectivity index (χ0v) is 16.5. The first-order valence-electron chi connectivity index (χ1n) is 7.85. The van der Waals surface area contributed by atoms with Crippen molar-refractivity contribution in [2.75, 3.05) is 11.9 Å². The Morgan fingerprint density at radius 2 is 1.90 bits per heavy atom. The highest BCUT2D eigenvalue weighted by atomic mass is 127. The van der Waals surface area contributed by atoms with Gasteiger partial charge in [0.2, 0.25) is 0 Å². The Kier molecular flexibility index (Phi) is 6.17. The van der Waals surface area contributed by atoms with Crippen molar-refractivity contribution in [1.29, 1.82) is 0 Å². The molecule has 1 aliphatic rings. The predicted molar refractivity (Wildman–Crippen MR) is 101 cm³/mol. The van der Waals surface area contributed by atoms with Gasteiger partial charge in [0.05, 0.1) is 15.0 Å². The Morgan fingerprint density at radius 1 is 1.24 bits per heavy atom. The Bertz CT molecular complexity index is 479. The van der Waals surface area contributed by atoms with E-state index >= 15 is 0 Å². The van der Waals surface area contributed by atoms with Crippen molar-refractivity contribution in [2.24, 2.45) is 0 Å². The van der Waals surface area contributed by atoms with E-state index in [1.807, 2.05) is 11.8 Å². The standard InChI is InChI=1S/C16H26IN3S/c1-5-18-15-13(17)14(11-8-6-7-9-11)19-12(20-15)10-21-16(2,3)4/h11H,5-10H2,1-4H3,(H,18,19,20). The number of aromatic nitrogens is 2. The van der Waals surface area contributed by atoms with Crippen molar-refractivity contribution >= 4 is 40.2 Å². The molecule has 21 heavy (non-hydrogen) atoms. The molecule has 0 radical (unpaired) electrons. The normalized spacial score (nSPS) is 16.4. The van der Waals surface area contributed by atoms with Crippen LogP contribution in [0.1, 0.15) is 70.8 Å². The quantitative estimate of drug-likeness (QED) is 0.666. The molecule has 5 heteroatoms. The third-order valence-corrected chi connectivity index (χ3v) is 5.98. The summed E-state index contributed by atoms with van der Waals surface area (Å²) in [6.07, 6.45) is 5.25. The first kappa shape index (κ1) is 17.3. The minimum Gasteiger partial charge on any atom is -0.369 e. The van der Waals surface area contributed by atoms with Gasteiger partial charge in [0.15, 0.2) is 0 Å². The van der Waals surface area contributed by atoms with Crippen molar-refractivity contribution in [3.8, 4) is 0 Å². The van der Waals surface area contributed by atoms with E-state index in [0.29, 0.717) is 5.92 Å². The van der Waals surface area contributed by atoms with Crippen LogP contribution in [0.3, 0.4) is 0 Å². The minimum absolute atomic E-state index is 0.248. The Hall–Kier alpha value is -0.0400. The van der Waals surface area contributed by atoms with Crippen LogP contribution in [0.5, 0.6) is 0 Å². The summed E-state index contributed by atoms with van der Waals surface area (Å²) in [5.41, 5.74) is 1.28. The van der Waals surface area contributed by atoms with E-state index < -0.39 is 0 Å². The average molecular weight is 419 g/mol.